The summed E-state index contributed by atoms with van der Waals surface area (Å²) in [6.45, 7) is 0. The Morgan fingerprint density at radius 2 is 2.00 bits per heavy atom. The van der Waals surface area contributed by atoms with Gasteiger partial charge >= 0.3 is 0 Å². The summed E-state index contributed by atoms with van der Waals surface area (Å²) in [7, 11) is 0. The standard InChI is InChI=1S/C17H11ClN4O/c18-14-2-1-3-16(8-14)22-11-13(10-20-22)17(23)21-15-6-4-12(9-19)5-7-15/h1-8,10-11H,(H,21,23). The van der Waals surface area contributed by atoms with Crippen molar-refractivity contribution in [3.05, 3.63) is 77.1 Å². The number of carbonyl (C=O) groups is 1. The third kappa shape index (κ3) is 3.39. The number of nitrogens with one attached hydrogen (secondary N) is 1. The number of carbonyl (C=O) groups excluding carboxylic acids is 1. The van der Waals surface area contributed by atoms with Crippen molar-refractivity contribution in [3.63, 3.8) is 0 Å². The number of hydrogen-bond acceptors (Lipinski definition) is 3. The summed E-state index contributed by atoms with van der Waals surface area (Å²) in [6.07, 6.45) is 3.12. The first-order valence-corrected chi connectivity index (χ1v) is 7.15. The zero-order valence-electron chi connectivity index (χ0n) is 11.9. The summed E-state index contributed by atoms with van der Waals surface area (Å²) in [5.74, 6) is -0.275. The van der Waals surface area contributed by atoms with Crippen LogP contribution in [0.15, 0.2) is 60.9 Å². The van der Waals surface area contributed by atoms with Gasteiger partial charge in [0.25, 0.3) is 5.91 Å². The van der Waals surface area contributed by atoms with Crippen molar-refractivity contribution in [3.8, 4) is 11.8 Å². The van der Waals surface area contributed by atoms with Crippen LogP contribution in [0.3, 0.4) is 0 Å². The molecule has 1 heterocycles. The van der Waals surface area contributed by atoms with E-state index in [2.05, 4.69) is 10.4 Å². The number of nitriles is 1. The molecule has 5 nitrogen and oxygen atoms in total. The van der Waals surface area contributed by atoms with E-state index in [0.29, 0.717) is 21.8 Å². The maximum Gasteiger partial charge on any atom is 0.258 e. The molecule has 2 aromatic carbocycles. The lowest BCUT2D eigenvalue weighted by Gasteiger charge is -2.03. The summed E-state index contributed by atoms with van der Waals surface area (Å²) in [5.41, 5.74) is 2.35. The highest BCUT2D eigenvalue weighted by Gasteiger charge is 2.10. The summed E-state index contributed by atoms with van der Waals surface area (Å²) >= 11 is 5.95. The molecule has 0 atom stereocenters. The molecule has 3 aromatic rings. The molecule has 0 aliphatic carbocycles. The van der Waals surface area contributed by atoms with Gasteiger partial charge in [-0.15, -0.1) is 0 Å². The fourth-order valence-electron chi connectivity index (χ4n) is 2.03. The van der Waals surface area contributed by atoms with Crippen molar-refractivity contribution in [2.24, 2.45) is 0 Å². The molecule has 0 radical (unpaired) electrons. The smallest absolute Gasteiger partial charge is 0.258 e. The third-order valence-corrected chi connectivity index (χ3v) is 3.42. The highest BCUT2D eigenvalue weighted by atomic mass is 35.5. The van der Waals surface area contributed by atoms with Gasteiger partial charge in [-0.05, 0) is 42.5 Å². The number of hydrogen-bond donors (Lipinski definition) is 1. The second-order valence-electron chi connectivity index (χ2n) is 4.80. The molecule has 0 aliphatic heterocycles. The maximum atomic E-state index is 12.2. The minimum Gasteiger partial charge on any atom is -0.322 e. The molecule has 0 fully saturated rings. The van der Waals surface area contributed by atoms with E-state index in [-0.39, 0.29) is 5.91 Å². The number of anilines is 1. The first kappa shape index (κ1) is 14.8. The Morgan fingerprint density at radius 3 is 2.70 bits per heavy atom. The van der Waals surface area contributed by atoms with Crippen molar-refractivity contribution in [2.45, 2.75) is 0 Å². The van der Waals surface area contributed by atoms with Crippen LogP contribution in [0.2, 0.25) is 5.02 Å². The number of aromatic nitrogens is 2. The van der Waals surface area contributed by atoms with Crippen LogP contribution in [0, 0.1) is 11.3 Å². The van der Waals surface area contributed by atoms with Gasteiger partial charge in [0, 0.05) is 16.9 Å². The zero-order valence-corrected chi connectivity index (χ0v) is 12.7. The zero-order chi connectivity index (χ0) is 16.2. The molecule has 112 valence electrons. The van der Waals surface area contributed by atoms with Crippen molar-refractivity contribution in [1.82, 2.24) is 9.78 Å². The highest BCUT2D eigenvalue weighted by molar-refractivity contribution is 6.30. The predicted octanol–water partition coefficient (Wildman–Crippen LogP) is 3.65. The molecule has 1 aromatic heterocycles. The molecule has 3 rings (SSSR count). The molecule has 23 heavy (non-hydrogen) atoms. The quantitative estimate of drug-likeness (QED) is 0.800. The van der Waals surface area contributed by atoms with E-state index in [0.717, 1.165) is 5.69 Å². The van der Waals surface area contributed by atoms with E-state index in [1.54, 1.807) is 47.3 Å². The van der Waals surface area contributed by atoms with Gasteiger partial charge < -0.3 is 5.32 Å². The normalized spacial score (nSPS) is 10.1. The van der Waals surface area contributed by atoms with E-state index in [9.17, 15) is 4.79 Å². The van der Waals surface area contributed by atoms with Gasteiger partial charge in [-0.3, -0.25) is 4.79 Å². The molecule has 1 amide bonds. The van der Waals surface area contributed by atoms with Gasteiger partial charge in [0.2, 0.25) is 0 Å². The molecule has 0 unspecified atom stereocenters. The molecule has 0 saturated carbocycles. The molecule has 0 saturated heterocycles. The van der Waals surface area contributed by atoms with Crippen LogP contribution >= 0.6 is 11.6 Å². The van der Waals surface area contributed by atoms with Crippen LogP contribution in [0.25, 0.3) is 5.69 Å². The molecule has 6 heteroatoms. The van der Waals surface area contributed by atoms with Crippen LogP contribution in [0.1, 0.15) is 15.9 Å². The Bertz CT molecular complexity index is 893. The van der Waals surface area contributed by atoms with Gasteiger partial charge in [-0.1, -0.05) is 17.7 Å². The number of rotatable bonds is 3. The average Bonchev–Trinajstić information content (AvgIpc) is 3.06. The lowest BCUT2D eigenvalue weighted by Crippen LogP contribution is -2.11. The van der Waals surface area contributed by atoms with E-state index >= 15 is 0 Å². The monoisotopic (exact) mass is 322 g/mol. The summed E-state index contributed by atoms with van der Waals surface area (Å²) in [5, 5.41) is 16.3. The highest BCUT2D eigenvalue weighted by Crippen LogP contribution is 2.15. The Kier molecular flexibility index (Phi) is 4.09. The van der Waals surface area contributed by atoms with Crippen LogP contribution in [-0.4, -0.2) is 15.7 Å². The number of nitrogens with zero attached hydrogens (tertiary/aromatic N) is 3. The fourth-order valence-corrected chi connectivity index (χ4v) is 2.22. The first-order chi connectivity index (χ1) is 11.2. The van der Waals surface area contributed by atoms with Crippen molar-refractivity contribution in [1.29, 1.82) is 5.26 Å². The minimum absolute atomic E-state index is 0.275. The average molecular weight is 323 g/mol. The van der Waals surface area contributed by atoms with Crippen molar-refractivity contribution < 1.29 is 4.79 Å². The van der Waals surface area contributed by atoms with Gasteiger partial charge in [-0.25, -0.2) is 4.68 Å². The number of benzene rings is 2. The Balaban J connectivity index is 1.77. The molecule has 0 spiro atoms. The number of amides is 1. The van der Waals surface area contributed by atoms with Gasteiger partial charge in [-0.2, -0.15) is 10.4 Å². The topological polar surface area (TPSA) is 70.7 Å². The van der Waals surface area contributed by atoms with E-state index in [1.165, 1.54) is 6.20 Å². The SMILES string of the molecule is N#Cc1ccc(NC(=O)c2cnn(-c3cccc(Cl)c3)c2)cc1. The Labute approximate surface area is 137 Å². The summed E-state index contributed by atoms with van der Waals surface area (Å²) < 4.78 is 1.58. The largest absolute Gasteiger partial charge is 0.322 e. The predicted molar refractivity (Wildman–Crippen MR) is 87.7 cm³/mol. The maximum absolute atomic E-state index is 12.2. The second-order valence-corrected chi connectivity index (χ2v) is 5.23. The van der Waals surface area contributed by atoms with Gasteiger partial charge in [0.05, 0.1) is 29.1 Å². The van der Waals surface area contributed by atoms with Crippen LogP contribution < -0.4 is 5.32 Å². The molecule has 0 aliphatic rings. The third-order valence-electron chi connectivity index (χ3n) is 3.19. The molecular weight excluding hydrogens is 312 g/mol. The Morgan fingerprint density at radius 1 is 1.22 bits per heavy atom. The van der Waals surface area contributed by atoms with E-state index < -0.39 is 0 Å². The van der Waals surface area contributed by atoms with E-state index in [1.807, 2.05) is 18.2 Å². The Hall–Kier alpha value is -3.10. The summed E-state index contributed by atoms with van der Waals surface area (Å²) in [4.78, 5) is 12.2. The van der Waals surface area contributed by atoms with Gasteiger partial charge in [0.1, 0.15) is 0 Å². The van der Waals surface area contributed by atoms with Crippen molar-refractivity contribution >= 4 is 23.2 Å². The molecule has 1 N–H and O–H groups in total. The molecular formula is C17H11ClN4O. The fraction of sp³-hybridized carbons (Fsp3) is 0. The van der Waals surface area contributed by atoms with Crippen LogP contribution in [0.4, 0.5) is 5.69 Å². The van der Waals surface area contributed by atoms with Crippen LogP contribution in [0.5, 0.6) is 0 Å². The molecule has 0 bridgehead atoms. The van der Waals surface area contributed by atoms with Gasteiger partial charge in [0.15, 0.2) is 0 Å². The second kappa shape index (κ2) is 6.34. The lowest BCUT2D eigenvalue weighted by molar-refractivity contribution is 0.102. The van der Waals surface area contributed by atoms with E-state index in [4.69, 9.17) is 16.9 Å². The van der Waals surface area contributed by atoms with Crippen LogP contribution in [-0.2, 0) is 0 Å². The number of halogens is 1. The first-order valence-electron chi connectivity index (χ1n) is 6.78. The summed E-state index contributed by atoms with van der Waals surface area (Å²) in [6, 6.07) is 15.9. The lowest BCUT2D eigenvalue weighted by atomic mass is 10.2. The minimum atomic E-state index is -0.275. The van der Waals surface area contributed by atoms with Crippen molar-refractivity contribution in [2.75, 3.05) is 5.32 Å².